The Bertz CT molecular complexity index is 147. The van der Waals surface area contributed by atoms with Crippen LogP contribution in [0.5, 0.6) is 0 Å². The van der Waals surface area contributed by atoms with Gasteiger partial charge in [-0.2, -0.15) is 0 Å². The molecule has 4 heteroatoms. The van der Waals surface area contributed by atoms with Crippen LogP contribution < -0.4 is 5.32 Å². The first-order chi connectivity index (χ1) is 4.63. The van der Waals surface area contributed by atoms with Crippen molar-refractivity contribution in [1.82, 2.24) is 5.32 Å². The molecule has 0 spiro atoms. The molecule has 0 bridgehead atoms. The predicted octanol–water partition coefficient (Wildman–Crippen LogP) is 1.28. The van der Waals surface area contributed by atoms with Gasteiger partial charge in [0.25, 0.3) is 0 Å². The van der Waals surface area contributed by atoms with Crippen molar-refractivity contribution in [1.29, 1.82) is 0 Å². The maximum atomic E-state index is 11.2. The fourth-order valence-corrected chi connectivity index (χ4v) is 2.97. The lowest BCUT2D eigenvalue weighted by molar-refractivity contribution is -0.122. The van der Waals surface area contributed by atoms with E-state index in [9.17, 15) is 4.79 Å². The van der Waals surface area contributed by atoms with Crippen molar-refractivity contribution in [3.8, 4) is 0 Å². The minimum Gasteiger partial charge on any atom is -0.354 e. The molecule has 2 nitrogen and oxygen atoms in total. The molecule has 0 atom stereocenters. The van der Waals surface area contributed by atoms with Crippen LogP contribution in [-0.4, -0.2) is 23.0 Å². The van der Waals surface area contributed by atoms with Crippen molar-refractivity contribution in [2.75, 3.05) is 12.3 Å². The van der Waals surface area contributed by atoms with Crippen LogP contribution in [0.15, 0.2) is 0 Å². The van der Waals surface area contributed by atoms with E-state index in [0.29, 0.717) is 0 Å². The van der Waals surface area contributed by atoms with Crippen LogP contribution >= 0.6 is 21.6 Å². The average molecular weight is 177 g/mol. The Hall–Kier alpha value is 0.170. The maximum absolute atomic E-state index is 11.2. The lowest BCUT2D eigenvalue weighted by atomic mass is 10.2. The molecule has 10 heavy (non-hydrogen) atoms. The van der Waals surface area contributed by atoms with Gasteiger partial charge in [-0.25, -0.2) is 0 Å². The van der Waals surface area contributed by atoms with E-state index in [-0.39, 0.29) is 10.7 Å². The summed E-state index contributed by atoms with van der Waals surface area (Å²) in [6.45, 7) is 4.70. The van der Waals surface area contributed by atoms with Crippen LogP contribution in [0.3, 0.4) is 0 Å². The minimum atomic E-state index is -0.249. The van der Waals surface area contributed by atoms with E-state index in [1.165, 1.54) is 0 Å². The second kappa shape index (κ2) is 3.05. The van der Waals surface area contributed by atoms with Gasteiger partial charge in [0.15, 0.2) is 0 Å². The Morgan fingerprint density at radius 1 is 1.60 bits per heavy atom. The molecule has 0 unspecified atom stereocenters. The number of carbonyl (C=O) groups excluding carboxylic acids is 1. The van der Waals surface area contributed by atoms with Gasteiger partial charge in [-0.1, -0.05) is 21.6 Å². The van der Waals surface area contributed by atoms with Crippen molar-refractivity contribution in [2.45, 2.75) is 18.6 Å². The monoisotopic (exact) mass is 177 g/mol. The normalized spacial score (nSPS) is 25.2. The average Bonchev–Trinajstić information content (AvgIpc) is 1.96. The molecular formula is C6H11NOS2. The second-order valence-corrected chi connectivity index (χ2v) is 5.71. The highest BCUT2D eigenvalue weighted by molar-refractivity contribution is 8.77. The highest BCUT2D eigenvalue weighted by atomic mass is 33.1. The van der Waals surface area contributed by atoms with Crippen LogP contribution in [0.25, 0.3) is 0 Å². The zero-order valence-corrected chi connectivity index (χ0v) is 7.77. The number of carbonyl (C=O) groups is 1. The number of nitrogens with one attached hydrogen (secondary N) is 1. The van der Waals surface area contributed by atoms with E-state index in [2.05, 4.69) is 5.32 Å². The van der Waals surface area contributed by atoms with E-state index in [0.717, 1.165) is 12.3 Å². The predicted molar refractivity (Wildman–Crippen MR) is 47.1 cm³/mol. The van der Waals surface area contributed by atoms with Gasteiger partial charge in [0.2, 0.25) is 5.91 Å². The third-order valence-electron chi connectivity index (χ3n) is 1.29. The van der Waals surface area contributed by atoms with Crippen molar-refractivity contribution >= 4 is 27.5 Å². The van der Waals surface area contributed by atoms with Crippen LogP contribution in [0.1, 0.15) is 13.8 Å². The summed E-state index contributed by atoms with van der Waals surface area (Å²) in [5, 5.41) is 2.85. The van der Waals surface area contributed by atoms with Gasteiger partial charge in [0.1, 0.15) is 0 Å². The number of hydrogen-bond acceptors (Lipinski definition) is 3. The van der Waals surface area contributed by atoms with Crippen LogP contribution in [-0.2, 0) is 4.79 Å². The molecule has 0 saturated carbocycles. The zero-order chi connectivity index (χ0) is 7.61. The van der Waals surface area contributed by atoms with Crippen molar-refractivity contribution in [3.63, 3.8) is 0 Å². The molecule has 0 aromatic carbocycles. The Kier molecular flexibility index (Phi) is 2.52. The van der Waals surface area contributed by atoms with Gasteiger partial charge in [-0.05, 0) is 13.8 Å². The van der Waals surface area contributed by atoms with Crippen molar-refractivity contribution in [3.05, 3.63) is 0 Å². The van der Waals surface area contributed by atoms with E-state index in [4.69, 9.17) is 0 Å². The first-order valence-corrected chi connectivity index (χ1v) is 5.54. The summed E-state index contributed by atoms with van der Waals surface area (Å²) in [7, 11) is 3.41. The van der Waals surface area contributed by atoms with Crippen LogP contribution in [0.4, 0.5) is 0 Å². The third-order valence-corrected chi connectivity index (χ3v) is 4.48. The lowest BCUT2D eigenvalue weighted by Gasteiger charge is -2.17. The fraction of sp³-hybridized carbons (Fsp3) is 0.833. The summed E-state index contributed by atoms with van der Waals surface area (Å²) >= 11 is 0. The lowest BCUT2D eigenvalue weighted by Crippen LogP contribution is -2.38. The standard InChI is InChI=1S/C6H11NOS2/c1-6(2)5(8)7-3-4-9-10-6/h3-4H2,1-2H3,(H,7,8). The first-order valence-electron chi connectivity index (χ1n) is 3.22. The van der Waals surface area contributed by atoms with E-state index in [1.807, 2.05) is 13.8 Å². The highest BCUT2D eigenvalue weighted by Crippen LogP contribution is 2.36. The van der Waals surface area contributed by atoms with Crippen molar-refractivity contribution < 1.29 is 4.79 Å². The minimum absolute atomic E-state index is 0.155. The summed E-state index contributed by atoms with van der Waals surface area (Å²) in [5.41, 5.74) is 0. The van der Waals surface area contributed by atoms with Gasteiger partial charge >= 0.3 is 0 Å². The molecule has 0 radical (unpaired) electrons. The smallest absolute Gasteiger partial charge is 0.236 e. The molecular weight excluding hydrogens is 166 g/mol. The molecule has 0 aromatic heterocycles. The second-order valence-electron chi connectivity index (χ2n) is 2.67. The summed E-state index contributed by atoms with van der Waals surface area (Å²) in [6.07, 6.45) is 0. The summed E-state index contributed by atoms with van der Waals surface area (Å²) in [5.74, 6) is 1.17. The van der Waals surface area contributed by atoms with Crippen LogP contribution in [0.2, 0.25) is 0 Å². The SMILES string of the molecule is CC1(C)SSCCNC1=O. The van der Waals surface area contributed by atoms with Gasteiger partial charge in [0, 0.05) is 12.3 Å². The molecule has 1 aliphatic rings. The Balaban J connectivity index is 2.61. The first kappa shape index (κ1) is 8.27. The molecule has 58 valence electrons. The highest BCUT2D eigenvalue weighted by Gasteiger charge is 2.29. The fourth-order valence-electron chi connectivity index (χ4n) is 0.646. The zero-order valence-electron chi connectivity index (χ0n) is 6.14. The van der Waals surface area contributed by atoms with E-state index in [1.54, 1.807) is 21.6 Å². The Morgan fingerprint density at radius 2 is 2.30 bits per heavy atom. The number of hydrogen-bond donors (Lipinski definition) is 1. The van der Waals surface area contributed by atoms with Crippen LogP contribution in [0, 0.1) is 0 Å². The molecule has 1 heterocycles. The Labute approximate surface area is 68.9 Å². The summed E-state index contributed by atoms with van der Waals surface area (Å²) in [6, 6.07) is 0. The van der Waals surface area contributed by atoms with E-state index >= 15 is 0 Å². The summed E-state index contributed by atoms with van der Waals surface area (Å²) in [4.78, 5) is 11.2. The van der Waals surface area contributed by atoms with Gasteiger partial charge in [-0.15, -0.1) is 0 Å². The molecule has 1 amide bonds. The van der Waals surface area contributed by atoms with Gasteiger partial charge in [0.05, 0.1) is 4.75 Å². The van der Waals surface area contributed by atoms with Gasteiger partial charge < -0.3 is 5.32 Å². The van der Waals surface area contributed by atoms with Gasteiger partial charge in [-0.3, -0.25) is 4.79 Å². The van der Waals surface area contributed by atoms with E-state index < -0.39 is 0 Å². The molecule has 1 aliphatic heterocycles. The molecule has 0 aliphatic carbocycles. The third kappa shape index (κ3) is 1.83. The molecule has 1 saturated heterocycles. The van der Waals surface area contributed by atoms with Crippen molar-refractivity contribution in [2.24, 2.45) is 0 Å². The maximum Gasteiger partial charge on any atom is 0.236 e. The topological polar surface area (TPSA) is 29.1 Å². The quantitative estimate of drug-likeness (QED) is 0.565. The number of rotatable bonds is 0. The summed E-state index contributed by atoms with van der Waals surface area (Å²) < 4.78 is -0.249. The Morgan fingerprint density at radius 3 is 3.00 bits per heavy atom. The molecule has 0 aromatic rings. The molecule has 1 N–H and O–H groups in total. The largest absolute Gasteiger partial charge is 0.354 e. The molecule has 1 fully saturated rings. The number of amides is 1. The molecule has 1 rings (SSSR count).